The van der Waals surface area contributed by atoms with Crippen LogP contribution in [0.1, 0.15) is 25.7 Å². The molecule has 4 nitrogen and oxygen atoms in total. The van der Waals surface area contributed by atoms with Crippen molar-refractivity contribution in [2.24, 2.45) is 0 Å². The van der Waals surface area contributed by atoms with Crippen molar-refractivity contribution in [2.75, 3.05) is 19.0 Å². The SMILES string of the molecule is CNC1CCC(N(C)c2ccc3ncoc3c2)CC1. The number of hydrogen-bond acceptors (Lipinski definition) is 4. The van der Waals surface area contributed by atoms with Gasteiger partial charge in [0.25, 0.3) is 0 Å². The molecule has 19 heavy (non-hydrogen) atoms. The molecule has 102 valence electrons. The number of hydrogen-bond donors (Lipinski definition) is 1. The van der Waals surface area contributed by atoms with E-state index in [2.05, 4.69) is 41.4 Å². The summed E-state index contributed by atoms with van der Waals surface area (Å²) < 4.78 is 5.38. The third kappa shape index (κ3) is 2.45. The Morgan fingerprint density at radius 3 is 2.79 bits per heavy atom. The van der Waals surface area contributed by atoms with E-state index in [4.69, 9.17) is 4.42 Å². The first-order chi connectivity index (χ1) is 9.28. The van der Waals surface area contributed by atoms with E-state index in [1.165, 1.54) is 37.8 Å². The second kappa shape index (κ2) is 5.21. The lowest BCUT2D eigenvalue weighted by molar-refractivity contribution is 0.351. The Kier molecular flexibility index (Phi) is 3.42. The van der Waals surface area contributed by atoms with Crippen molar-refractivity contribution in [2.45, 2.75) is 37.8 Å². The van der Waals surface area contributed by atoms with E-state index in [0.29, 0.717) is 12.1 Å². The van der Waals surface area contributed by atoms with Crippen molar-refractivity contribution in [1.29, 1.82) is 0 Å². The normalized spacial score (nSPS) is 23.7. The molecule has 4 heteroatoms. The molecule has 3 rings (SSSR count). The fraction of sp³-hybridized carbons (Fsp3) is 0.533. The minimum Gasteiger partial charge on any atom is -0.443 e. The van der Waals surface area contributed by atoms with Crippen molar-refractivity contribution >= 4 is 16.8 Å². The van der Waals surface area contributed by atoms with Gasteiger partial charge in [-0.05, 0) is 44.9 Å². The number of rotatable bonds is 3. The third-order valence-corrected chi connectivity index (χ3v) is 4.37. The van der Waals surface area contributed by atoms with Gasteiger partial charge in [-0.15, -0.1) is 0 Å². The first-order valence-electron chi connectivity index (χ1n) is 7.01. The van der Waals surface area contributed by atoms with Crippen LogP contribution in [0, 0.1) is 0 Å². The van der Waals surface area contributed by atoms with Crippen LogP contribution in [0.5, 0.6) is 0 Å². The molecule has 1 aromatic carbocycles. The van der Waals surface area contributed by atoms with Crippen molar-refractivity contribution < 1.29 is 4.42 Å². The molecule has 0 bridgehead atoms. The molecule has 1 aliphatic rings. The van der Waals surface area contributed by atoms with Gasteiger partial charge in [0.2, 0.25) is 0 Å². The molecule has 0 spiro atoms. The van der Waals surface area contributed by atoms with Gasteiger partial charge in [-0.3, -0.25) is 0 Å². The van der Waals surface area contributed by atoms with Crippen LogP contribution >= 0.6 is 0 Å². The number of nitrogens with zero attached hydrogens (tertiary/aromatic N) is 2. The summed E-state index contributed by atoms with van der Waals surface area (Å²) in [5.41, 5.74) is 3.02. The second-order valence-electron chi connectivity index (χ2n) is 5.41. The minimum atomic E-state index is 0.630. The molecule has 1 aromatic heterocycles. The number of nitrogens with one attached hydrogen (secondary N) is 1. The fourth-order valence-electron chi connectivity index (χ4n) is 3.03. The lowest BCUT2D eigenvalue weighted by Crippen LogP contribution is -2.39. The summed E-state index contributed by atoms with van der Waals surface area (Å²) in [7, 11) is 4.24. The molecule has 2 aromatic rings. The maximum Gasteiger partial charge on any atom is 0.181 e. The monoisotopic (exact) mass is 259 g/mol. The molecule has 1 aliphatic carbocycles. The highest BCUT2D eigenvalue weighted by Crippen LogP contribution is 2.28. The summed E-state index contributed by atoms with van der Waals surface area (Å²) in [4.78, 5) is 6.54. The van der Waals surface area contributed by atoms with Gasteiger partial charge >= 0.3 is 0 Å². The van der Waals surface area contributed by atoms with Gasteiger partial charge in [0.15, 0.2) is 12.0 Å². The van der Waals surface area contributed by atoms with Crippen LogP contribution in [-0.4, -0.2) is 31.2 Å². The molecule has 0 atom stereocenters. The van der Waals surface area contributed by atoms with E-state index in [1.54, 1.807) is 0 Å². The van der Waals surface area contributed by atoms with Gasteiger partial charge in [0.05, 0.1) is 0 Å². The van der Waals surface area contributed by atoms with E-state index < -0.39 is 0 Å². The van der Waals surface area contributed by atoms with Gasteiger partial charge in [0, 0.05) is 30.9 Å². The first-order valence-corrected chi connectivity index (χ1v) is 7.01. The minimum absolute atomic E-state index is 0.630. The number of anilines is 1. The summed E-state index contributed by atoms with van der Waals surface area (Å²) in [6, 6.07) is 7.58. The first kappa shape index (κ1) is 12.5. The molecule has 1 N–H and O–H groups in total. The summed E-state index contributed by atoms with van der Waals surface area (Å²) >= 11 is 0. The highest BCUT2D eigenvalue weighted by molar-refractivity contribution is 5.77. The zero-order valence-corrected chi connectivity index (χ0v) is 11.6. The molecule has 1 saturated carbocycles. The Hall–Kier alpha value is -1.55. The predicted octanol–water partition coefficient (Wildman–Crippen LogP) is 2.79. The van der Waals surface area contributed by atoms with Crippen molar-refractivity contribution in [1.82, 2.24) is 10.3 Å². The van der Waals surface area contributed by atoms with Gasteiger partial charge in [-0.1, -0.05) is 0 Å². The van der Waals surface area contributed by atoms with E-state index in [0.717, 1.165) is 11.1 Å². The molecule has 1 fully saturated rings. The van der Waals surface area contributed by atoms with Crippen LogP contribution in [0.3, 0.4) is 0 Å². The van der Waals surface area contributed by atoms with Crippen LogP contribution in [0.15, 0.2) is 29.0 Å². The smallest absolute Gasteiger partial charge is 0.181 e. The van der Waals surface area contributed by atoms with Crippen molar-refractivity contribution in [3.8, 4) is 0 Å². The second-order valence-corrected chi connectivity index (χ2v) is 5.41. The Morgan fingerprint density at radius 1 is 1.26 bits per heavy atom. The van der Waals surface area contributed by atoms with Crippen LogP contribution < -0.4 is 10.2 Å². The van der Waals surface area contributed by atoms with Gasteiger partial charge in [-0.25, -0.2) is 4.98 Å². The molecule has 0 unspecified atom stereocenters. The average molecular weight is 259 g/mol. The van der Waals surface area contributed by atoms with Crippen LogP contribution in [0.25, 0.3) is 11.1 Å². The number of oxazole rings is 1. The van der Waals surface area contributed by atoms with Gasteiger partial charge in [-0.2, -0.15) is 0 Å². The molecular weight excluding hydrogens is 238 g/mol. The van der Waals surface area contributed by atoms with Crippen LogP contribution in [0.2, 0.25) is 0 Å². The van der Waals surface area contributed by atoms with Crippen molar-refractivity contribution in [3.63, 3.8) is 0 Å². The quantitative estimate of drug-likeness (QED) is 0.920. The number of aromatic nitrogens is 1. The summed E-state index contributed by atoms with van der Waals surface area (Å²) in [5.74, 6) is 0. The lowest BCUT2D eigenvalue weighted by atomic mass is 9.90. The molecule has 0 radical (unpaired) electrons. The molecule has 0 saturated heterocycles. The Bertz CT molecular complexity index is 543. The standard InChI is InChI=1S/C15H21N3O/c1-16-11-3-5-12(6-4-11)18(2)13-7-8-14-15(9-13)19-10-17-14/h7-12,16H,3-6H2,1-2H3. The van der Waals surface area contributed by atoms with Crippen molar-refractivity contribution in [3.05, 3.63) is 24.6 Å². The largest absolute Gasteiger partial charge is 0.443 e. The lowest BCUT2D eigenvalue weighted by Gasteiger charge is -2.35. The predicted molar refractivity (Wildman–Crippen MR) is 77.5 cm³/mol. The fourth-order valence-corrected chi connectivity index (χ4v) is 3.03. The zero-order valence-electron chi connectivity index (χ0n) is 11.6. The maximum atomic E-state index is 5.38. The van der Waals surface area contributed by atoms with E-state index >= 15 is 0 Å². The Labute approximate surface area is 113 Å². The van der Waals surface area contributed by atoms with Crippen LogP contribution in [-0.2, 0) is 0 Å². The third-order valence-electron chi connectivity index (χ3n) is 4.37. The Balaban J connectivity index is 1.74. The van der Waals surface area contributed by atoms with E-state index in [1.807, 2.05) is 6.07 Å². The molecular formula is C15H21N3O. The highest BCUT2D eigenvalue weighted by Gasteiger charge is 2.23. The van der Waals surface area contributed by atoms with Gasteiger partial charge in [0.1, 0.15) is 5.52 Å². The molecule has 0 aliphatic heterocycles. The molecule has 1 heterocycles. The van der Waals surface area contributed by atoms with E-state index in [-0.39, 0.29) is 0 Å². The summed E-state index contributed by atoms with van der Waals surface area (Å²) in [6.45, 7) is 0. The maximum absolute atomic E-state index is 5.38. The van der Waals surface area contributed by atoms with Gasteiger partial charge < -0.3 is 14.6 Å². The number of benzene rings is 1. The zero-order chi connectivity index (χ0) is 13.2. The summed E-state index contributed by atoms with van der Waals surface area (Å²) in [5, 5.41) is 3.38. The highest BCUT2D eigenvalue weighted by atomic mass is 16.3. The Morgan fingerprint density at radius 2 is 2.05 bits per heavy atom. The van der Waals surface area contributed by atoms with Crippen LogP contribution in [0.4, 0.5) is 5.69 Å². The van der Waals surface area contributed by atoms with E-state index in [9.17, 15) is 0 Å². The number of fused-ring (bicyclic) bond motifs is 1. The summed E-state index contributed by atoms with van der Waals surface area (Å²) in [6.07, 6.45) is 6.52. The topological polar surface area (TPSA) is 41.3 Å². The average Bonchev–Trinajstić information content (AvgIpc) is 2.94. The molecule has 0 amide bonds.